The van der Waals surface area contributed by atoms with Gasteiger partial charge in [-0.3, -0.25) is 9.59 Å². The maximum absolute atomic E-state index is 13.9. The molecule has 0 fully saturated rings. The number of amides is 2. The van der Waals surface area contributed by atoms with Gasteiger partial charge in [0, 0.05) is 11.1 Å². The van der Waals surface area contributed by atoms with E-state index in [4.69, 9.17) is 20.2 Å². The zero-order valence-electron chi connectivity index (χ0n) is 19.0. The Labute approximate surface area is 205 Å². The van der Waals surface area contributed by atoms with Crippen LogP contribution in [0.3, 0.4) is 0 Å². The third kappa shape index (κ3) is 3.73. The molecule has 36 heavy (non-hydrogen) atoms. The normalized spacial score (nSPS) is 14.8. The number of carbonyl (C=O) groups excluding carboxylic acids is 2. The average Bonchev–Trinajstić information content (AvgIpc) is 3.50. The van der Waals surface area contributed by atoms with Crippen molar-refractivity contribution < 1.29 is 23.5 Å². The van der Waals surface area contributed by atoms with Gasteiger partial charge < -0.3 is 20.5 Å². The number of para-hydroxylation sites is 1. The van der Waals surface area contributed by atoms with E-state index in [0.717, 1.165) is 40.3 Å². The number of aromatic nitrogens is 1. The molecule has 0 spiro atoms. The number of rotatable bonds is 4. The van der Waals surface area contributed by atoms with Gasteiger partial charge in [-0.15, -0.1) is 0 Å². The average molecular weight is 481 g/mol. The molecule has 1 aromatic heterocycles. The summed E-state index contributed by atoms with van der Waals surface area (Å²) in [7, 11) is 0. The predicted octanol–water partition coefficient (Wildman–Crippen LogP) is 4.94. The minimum Gasteiger partial charge on any atom is -0.454 e. The third-order valence-corrected chi connectivity index (χ3v) is 6.40. The maximum atomic E-state index is 13.9. The van der Waals surface area contributed by atoms with E-state index < -0.39 is 11.7 Å². The van der Waals surface area contributed by atoms with Crippen molar-refractivity contribution in [2.45, 2.75) is 12.8 Å². The molecular weight excluding hydrogens is 461 g/mol. The monoisotopic (exact) mass is 481 g/mol. The molecule has 7 nitrogen and oxygen atoms in total. The lowest BCUT2D eigenvalue weighted by Gasteiger charge is -2.13. The molecule has 6 rings (SSSR count). The molecule has 0 radical (unpaired) electrons. The van der Waals surface area contributed by atoms with E-state index in [9.17, 15) is 14.0 Å². The molecule has 2 amide bonds. The fraction of sp³-hybridized carbons (Fsp3) is 0.107. The lowest BCUT2D eigenvalue weighted by atomic mass is 9.99. The molecule has 0 saturated carbocycles. The number of nitrogens with two attached hydrogens (primary N) is 1. The number of fused-ring (bicyclic) bond motifs is 3. The lowest BCUT2D eigenvalue weighted by molar-refractivity contribution is 0.0992. The number of nitrogens with one attached hydrogen (secondary N) is 1. The highest BCUT2D eigenvalue weighted by Crippen LogP contribution is 2.39. The molecule has 0 atom stereocenters. The molecular formula is C28H20FN3O4. The molecule has 3 N–H and O–H groups in total. The fourth-order valence-corrected chi connectivity index (χ4v) is 4.73. The summed E-state index contributed by atoms with van der Waals surface area (Å²) in [5.74, 6) is -0.599. The highest BCUT2D eigenvalue weighted by atomic mass is 19.1. The molecule has 8 heteroatoms. The van der Waals surface area contributed by atoms with Crippen LogP contribution in [0.1, 0.15) is 44.0 Å². The SMILES string of the molecule is NC(=O)c1cc(NC(=O)c2c3c(nc4ccccc24)/C(=C/c2ccc4c(c2)OCO4)CC3)ccc1F. The number of anilines is 1. The number of ether oxygens (including phenoxy) is 2. The second kappa shape index (κ2) is 8.49. The van der Waals surface area contributed by atoms with Crippen molar-refractivity contribution in [1.82, 2.24) is 4.98 Å². The number of benzene rings is 3. The van der Waals surface area contributed by atoms with Gasteiger partial charge >= 0.3 is 0 Å². The second-order valence-corrected chi connectivity index (χ2v) is 8.63. The molecule has 3 aromatic carbocycles. The van der Waals surface area contributed by atoms with E-state index in [2.05, 4.69) is 11.4 Å². The quantitative estimate of drug-likeness (QED) is 0.430. The fourth-order valence-electron chi connectivity index (χ4n) is 4.73. The van der Waals surface area contributed by atoms with Crippen LogP contribution in [-0.4, -0.2) is 23.6 Å². The number of primary amides is 1. The number of carbonyl (C=O) groups is 2. The van der Waals surface area contributed by atoms with Gasteiger partial charge in [0.25, 0.3) is 11.8 Å². The van der Waals surface area contributed by atoms with Crippen molar-refractivity contribution in [3.05, 3.63) is 94.4 Å². The summed E-state index contributed by atoms with van der Waals surface area (Å²) in [5.41, 5.74) is 10.0. The van der Waals surface area contributed by atoms with Crippen LogP contribution in [0.2, 0.25) is 0 Å². The second-order valence-electron chi connectivity index (χ2n) is 8.63. The van der Waals surface area contributed by atoms with E-state index in [1.807, 2.05) is 42.5 Å². The van der Waals surface area contributed by atoms with Gasteiger partial charge in [-0.2, -0.15) is 0 Å². The first kappa shape index (κ1) is 21.8. The lowest BCUT2D eigenvalue weighted by Crippen LogP contribution is -2.17. The van der Waals surface area contributed by atoms with Crippen molar-refractivity contribution in [2.24, 2.45) is 5.73 Å². The molecule has 0 saturated heterocycles. The Morgan fingerprint density at radius 3 is 2.69 bits per heavy atom. The van der Waals surface area contributed by atoms with Gasteiger partial charge in [0.15, 0.2) is 11.5 Å². The van der Waals surface area contributed by atoms with Gasteiger partial charge in [-0.25, -0.2) is 9.37 Å². The largest absolute Gasteiger partial charge is 0.454 e. The topological polar surface area (TPSA) is 104 Å². The van der Waals surface area contributed by atoms with Crippen LogP contribution in [0.25, 0.3) is 22.6 Å². The van der Waals surface area contributed by atoms with Crippen LogP contribution in [0.4, 0.5) is 10.1 Å². The number of allylic oxidation sites excluding steroid dienone is 1. The van der Waals surface area contributed by atoms with Crippen LogP contribution >= 0.6 is 0 Å². The molecule has 2 heterocycles. The van der Waals surface area contributed by atoms with Gasteiger partial charge in [-0.1, -0.05) is 24.3 Å². The van der Waals surface area contributed by atoms with Crippen LogP contribution in [0.15, 0.2) is 60.7 Å². The zero-order valence-corrected chi connectivity index (χ0v) is 19.0. The Morgan fingerprint density at radius 1 is 1.00 bits per heavy atom. The van der Waals surface area contributed by atoms with Gasteiger partial charge in [-0.05, 0) is 72.0 Å². The number of nitrogens with zero attached hydrogens (tertiary/aromatic N) is 1. The number of pyridine rings is 1. The molecule has 1 aliphatic heterocycles. The summed E-state index contributed by atoms with van der Waals surface area (Å²) in [4.78, 5) is 30.0. The first-order valence-electron chi connectivity index (χ1n) is 11.4. The molecule has 4 aromatic rings. The molecule has 0 unspecified atom stereocenters. The van der Waals surface area contributed by atoms with Crippen LogP contribution in [0.5, 0.6) is 11.5 Å². The summed E-state index contributed by atoms with van der Waals surface area (Å²) < 4.78 is 24.8. The van der Waals surface area contributed by atoms with Gasteiger partial charge in [0.1, 0.15) is 5.82 Å². The Hall–Kier alpha value is -4.72. The standard InChI is InChI=1S/C28H20FN3O4/c29-21-9-7-17(13-20(21)27(30)33)31-28(34)25-18-3-1-2-4-22(18)32-26-16(6-8-19(25)26)11-15-5-10-23-24(12-15)36-14-35-23/h1-5,7,9-13H,6,8,14H2,(H2,30,33)(H,31,34)/b16-11+. The Balaban J connectivity index is 1.42. The van der Waals surface area contributed by atoms with Crippen molar-refractivity contribution in [2.75, 3.05) is 12.1 Å². The minimum absolute atomic E-state index is 0.208. The highest BCUT2D eigenvalue weighted by Gasteiger charge is 2.27. The smallest absolute Gasteiger partial charge is 0.256 e. The first-order chi connectivity index (χ1) is 17.5. The zero-order chi connectivity index (χ0) is 24.8. The number of hydrogen-bond donors (Lipinski definition) is 2. The van der Waals surface area contributed by atoms with Crippen molar-refractivity contribution in [3.8, 4) is 11.5 Å². The Kier molecular flexibility index (Phi) is 5.14. The van der Waals surface area contributed by atoms with Crippen LogP contribution in [0, 0.1) is 5.82 Å². The summed E-state index contributed by atoms with van der Waals surface area (Å²) in [6.07, 6.45) is 3.41. The molecule has 0 bridgehead atoms. The van der Waals surface area contributed by atoms with Crippen LogP contribution in [-0.2, 0) is 6.42 Å². The Morgan fingerprint density at radius 2 is 1.83 bits per heavy atom. The van der Waals surface area contributed by atoms with E-state index in [-0.39, 0.29) is 24.0 Å². The third-order valence-electron chi connectivity index (χ3n) is 6.40. The highest BCUT2D eigenvalue weighted by molar-refractivity contribution is 6.15. The molecule has 1 aliphatic carbocycles. The van der Waals surface area contributed by atoms with Crippen molar-refractivity contribution >= 4 is 40.1 Å². The summed E-state index contributed by atoms with van der Waals surface area (Å²) in [5, 5.41) is 3.52. The Bertz CT molecular complexity index is 1610. The maximum Gasteiger partial charge on any atom is 0.256 e. The molecule has 2 aliphatic rings. The van der Waals surface area contributed by atoms with E-state index in [1.165, 1.54) is 12.1 Å². The molecule has 178 valence electrons. The summed E-state index contributed by atoms with van der Waals surface area (Å²) in [6.45, 7) is 0.208. The van der Waals surface area contributed by atoms with E-state index in [0.29, 0.717) is 29.0 Å². The number of halogens is 1. The summed E-state index contributed by atoms with van der Waals surface area (Å²) >= 11 is 0. The van der Waals surface area contributed by atoms with E-state index >= 15 is 0 Å². The summed E-state index contributed by atoms with van der Waals surface area (Å²) in [6, 6.07) is 17.0. The van der Waals surface area contributed by atoms with Crippen molar-refractivity contribution in [1.29, 1.82) is 0 Å². The number of hydrogen-bond acceptors (Lipinski definition) is 5. The van der Waals surface area contributed by atoms with Crippen molar-refractivity contribution in [3.63, 3.8) is 0 Å². The van der Waals surface area contributed by atoms with E-state index in [1.54, 1.807) is 0 Å². The van der Waals surface area contributed by atoms with Gasteiger partial charge in [0.2, 0.25) is 6.79 Å². The first-order valence-corrected chi connectivity index (χ1v) is 11.4. The minimum atomic E-state index is -0.905. The van der Waals surface area contributed by atoms with Gasteiger partial charge in [0.05, 0.1) is 22.3 Å². The van der Waals surface area contributed by atoms with Crippen LogP contribution < -0.4 is 20.5 Å². The predicted molar refractivity (Wildman–Crippen MR) is 133 cm³/mol.